The molecule has 28 heavy (non-hydrogen) atoms. The average Bonchev–Trinajstić information content (AvgIpc) is 2.67. The maximum Gasteiger partial charge on any atom is 0.307 e. The topological polar surface area (TPSA) is 90.9 Å². The van der Waals surface area contributed by atoms with Crippen molar-refractivity contribution in [2.75, 3.05) is 20.8 Å². The van der Waals surface area contributed by atoms with Gasteiger partial charge in [-0.3, -0.25) is 4.79 Å². The summed E-state index contributed by atoms with van der Waals surface area (Å²) in [7, 11) is -1.13. The van der Waals surface area contributed by atoms with Crippen LogP contribution in [-0.4, -0.2) is 35.2 Å². The molecule has 0 amide bonds. The van der Waals surface area contributed by atoms with E-state index in [-0.39, 0.29) is 23.7 Å². The molecule has 0 heterocycles. The van der Waals surface area contributed by atoms with Crippen LogP contribution in [-0.2, 0) is 19.6 Å². The number of methoxy groups -OCH3 is 2. The van der Waals surface area contributed by atoms with E-state index < -0.39 is 22.0 Å². The molecule has 2 aromatic rings. The lowest BCUT2D eigenvalue weighted by atomic mass is 10.1. The van der Waals surface area contributed by atoms with Crippen LogP contribution < -0.4 is 14.2 Å². The van der Waals surface area contributed by atoms with E-state index in [1.165, 1.54) is 32.4 Å². The fourth-order valence-corrected chi connectivity index (χ4v) is 4.10. The Morgan fingerprint density at radius 3 is 2.39 bits per heavy atom. The lowest BCUT2D eigenvalue weighted by molar-refractivity contribution is -0.143. The molecule has 0 radical (unpaired) electrons. The monoisotopic (exact) mass is 427 g/mol. The number of benzene rings is 2. The molecule has 152 valence electrons. The van der Waals surface area contributed by atoms with E-state index in [0.717, 1.165) is 0 Å². The van der Waals surface area contributed by atoms with Crippen LogP contribution in [0.15, 0.2) is 47.4 Å². The number of hydrogen-bond donors (Lipinski definition) is 1. The Morgan fingerprint density at radius 1 is 1.11 bits per heavy atom. The summed E-state index contributed by atoms with van der Waals surface area (Å²) in [5.74, 6) is 0.128. The Balaban J connectivity index is 2.39. The molecule has 1 N–H and O–H groups in total. The smallest absolute Gasteiger partial charge is 0.307 e. The molecule has 0 aliphatic carbocycles. The van der Waals surface area contributed by atoms with Crippen LogP contribution >= 0.6 is 11.6 Å². The van der Waals surface area contributed by atoms with Gasteiger partial charge in [0.25, 0.3) is 0 Å². The summed E-state index contributed by atoms with van der Waals surface area (Å²) >= 11 is 6.22. The number of rotatable bonds is 9. The molecule has 0 aromatic heterocycles. The molecule has 2 aromatic carbocycles. The predicted octanol–water partition coefficient (Wildman–Crippen LogP) is 3.33. The van der Waals surface area contributed by atoms with E-state index in [2.05, 4.69) is 4.72 Å². The largest absolute Gasteiger partial charge is 0.493 e. The number of esters is 1. The molecule has 1 unspecified atom stereocenters. The molecule has 7 nitrogen and oxygen atoms in total. The number of ether oxygens (including phenoxy) is 3. The van der Waals surface area contributed by atoms with Gasteiger partial charge in [0.05, 0.1) is 38.2 Å². The highest BCUT2D eigenvalue weighted by Gasteiger charge is 2.26. The second kappa shape index (κ2) is 9.77. The summed E-state index contributed by atoms with van der Waals surface area (Å²) in [5.41, 5.74) is 0.473. The number of carbonyl (C=O) groups excluding carboxylic acids is 1. The molecule has 0 saturated heterocycles. The summed E-state index contributed by atoms with van der Waals surface area (Å²) in [6.45, 7) is 1.87. The first-order valence-electron chi connectivity index (χ1n) is 8.46. The Hall–Kier alpha value is -2.29. The van der Waals surface area contributed by atoms with Crippen molar-refractivity contribution in [3.8, 4) is 11.5 Å². The van der Waals surface area contributed by atoms with Crippen molar-refractivity contribution in [1.29, 1.82) is 0 Å². The van der Waals surface area contributed by atoms with Crippen molar-refractivity contribution in [2.45, 2.75) is 24.3 Å². The van der Waals surface area contributed by atoms with Crippen LogP contribution in [0.2, 0.25) is 5.02 Å². The van der Waals surface area contributed by atoms with Gasteiger partial charge in [-0.1, -0.05) is 29.8 Å². The Labute approximate surface area is 169 Å². The van der Waals surface area contributed by atoms with Crippen molar-refractivity contribution in [1.82, 2.24) is 4.72 Å². The molecule has 0 saturated carbocycles. The summed E-state index contributed by atoms with van der Waals surface area (Å²) in [6, 6.07) is 10.0. The lowest BCUT2D eigenvalue weighted by Crippen LogP contribution is -2.31. The summed E-state index contributed by atoms with van der Waals surface area (Å²) < 4.78 is 43.7. The van der Waals surface area contributed by atoms with E-state index in [1.54, 1.807) is 31.2 Å². The minimum absolute atomic E-state index is 0.0361. The van der Waals surface area contributed by atoms with Crippen molar-refractivity contribution in [3.05, 3.63) is 53.1 Å². The number of halogens is 1. The minimum Gasteiger partial charge on any atom is -0.493 e. The van der Waals surface area contributed by atoms with Gasteiger partial charge in [-0.05, 0) is 30.7 Å². The maximum absolute atomic E-state index is 12.9. The zero-order valence-corrected chi connectivity index (χ0v) is 17.3. The Bertz CT molecular complexity index is 932. The number of nitrogens with one attached hydrogen (secondary N) is 1. The Kier molecular flexibility index (Phi) is 7.68. The first-order valence-corrected chi connectivity index (χ1v) is 10.3. The van der Waals surface area contributed by atoms with Crippen LogP contribution in [0.5, 0.6) is 11.5 Å². The highest BCUT2D eigenvalue weighted by Crippen LogP contribution is 2.31. The normalized spacial score (nSPS) is 12.3. The molecule has 0 aliphatic rings. The van der Waals surface area contributed by atoms with Crippen LogP contribution in [0, 0.1) is 0 Å². The van der Waals surface area contributed by atoms with Gasteiger partial charge in [0.1, 0.15) is 0 Å². The van der Waals surface area contributed by atoms with Crippen molar-refractivity contribution < 1.29 is 27.4 Å². The lowest BCUT2D eigenvalue weighted by Gasteiger charge is -2.20. The first-order chi connectivity index (χ1) is 13.3. The van der Waals surface area contributed by atoms with E-state index in [9.17, 15) is 13.2 Å². The molecule has 9 heteroatoms. The molecule has 2 rings (SSSR count). The summed E-state index contributed by atoms with van der Waals surface area (Å²) in [5, 5.41) is 0.340. The van der Waals surface area contributed by atoms with Gasteiger partial charge in [-0.15, -0.1) is 0 Å². The van der Waals surface area contributed by atoms with Crippen LogP contribution in [0.25, 0.3) is 0 Å². The molecular weight excluding hydrogens is 406 g/mol. The van der Waals surface area contributed by atoms with Gasteiger partial charge in [0.2, 0.25) is 10.0 Å². The van der Waals surface area contributed by atoms with E-state index >= 15 is 0 Å². The highest BCUT2D eigenvalue weighted by molar-refractivity contribution is 7.89. The van der Waals surface area contributed by atoms with Gasteiger partial charge in [-0.25, -0.2) is 13.1 Å². The molecule has 0 spiro atoms. The van der Waals surface area contributed by atoms with E-state index in [1.807, 2.05) is 0 Å². The van der Waals surface area contributed by atoms with Crippen LogP contribution in [0.1, 0.15) is 24.9 Å². The molecule has 0 fully saturated rings. The van der Waals surface area contributed by atoms with Gasteiger partial charge in [0, 0.05) is 11.1 Å². The zero-order valence-electron chi connectivity index (χ0n) is 15.8. The van der Waals surface area contributed by atoms with Crippen molar-refractivity contribution >= 4 is 27.6 Å². The third-order valence-electron chi connectivity index (χ3n) is 3.92. The quantitative estimate of drug-likeness (QED) is 0.617. The van der Waals surface area contributed by atoms with E-state index in [4.69, 9.17) is 25.8 Å². The average molecular weight is 428 g/mol. The number of carbonyl (C=O) groups is 1. The fraction of sp³-hybridized carbons (Fsp3) is 0.316. The van der Waals surface area contributed by atoms with Crippen LogP contribution in [0.4, 0.5) is 0 Å². The van der Waals surface area contributed by atoms with Gasteiger partial charge < -0.3 is 14.2 Å². The zero-order chi connectivity index (χ0) is 20.7. The molecule has 0 bridgehead atoms. The molecular formula is C19H22ClNO6S. The van der Waals surface area contributed by atoms with Crippen molar-refractivity contribution in [3.63, 3.8) is 0 Å². The van der Waals surface area contributed by atoms with Gasteiger partial charge in [0.15, 0.2) is 11.5 Å². The first kappa shape index (κ1) is 22.0. The standard InChI is InChI=1S/C19H22ClNO6S/c1-4-27-19(22)12-16(14-7-5-6-8-15(14)20)21-28(23,24)13-9-10-17(25-2)18(11-13)26-3/h5-11,16,21H,4,12H2,1-3H3. The number of sulfonamides is 1. The van der Waals surface area contributed by atoms with Crippen LogP contribution in [0.3, 0.4) is 0 Å². The minimum atomic E-state index is -3.99. The molecule has 1 atom stereocenters. The third-order valence-corrected chi connectivity index (χ3v) is 5.73. The highest BCUT2D eigenvalue weighted by atomic mass is 35.5. The summed E-state index contributed by atoms with van der Waals surface area (Å²) in [4.78, 5) is 12.0. The fourth-order valence-electron chi connectivity index (χ4n) is 2.60. The summed E-state index contributed by atoms with van der Waals surface area (Å²) in [6.07, 6.45) is -0.204. The Morgan fingerprint density at radius 2 is 1.79 bits per heavy atom. The third kappa shape index (κ3) is 5.37. The maximum atomic E-state index is 12.9. The van der Waals surface area contributed by atoms with Crippen molar-refractivity contribution in [2.24, 2.45) is 0 Å². The second-order valence-corrected chi connectivity index (χ2v) is 7.84. The van der Waals surface area contributed by atoms with Gasteiger partial charge >= 0.3 is 5.97 Å². The van der Waals surface area contributed by atoms with Gasteiger partial charge in [-0.2, -0.15) is 0 Å². The van der Waals surface area contributed by atoms with E-state index in [0.29, 0.717) is 16.3 Å². The molecule has 0 aliphatic heterocycles. The SMILES string of the molecule is CCOC(=O)CC(NS(=O)(=O)c1ccc(OC)c(OC)c1)c1ccccc1Cl. The predicted molar refractivity (Wildman–Crippen MR) is 105 cm³/mol. The number of hydrogen-bond acceptors (Lipinski definition) is 6. The second-order valence-electron chi connectivity index (χ2n) is 5.72.